The van der Waals surface area contributed by atoms with Gasteiger partial charge < -0.3 is 4.98 Å². The first kappa shape index (κ1) is 17.8. The molecule has 138 valence electrons. The van der Waals surface area contributed by atoms with Crippen molar-refractivity contribution in [2.45, 2.75) is 31.8 Å². The molecular formula is C17H17N7OS2. The minimum absolute atomic E-state index is 0.170. The fourth-order valence-corrected chi connectivity index (χ4v) is 3.82. The van der Waals surface area contributed by atoms with Crippen LogP contribution in [-0.4, -0.2) is 42.0 Å². The highest BCUT2D eigenvalue weighted by Crippen LogP contribution is 2.27. The average Bonchev–Trinajstić information content (AvgIpc) is 3.21. The lowest BCUT2D eigenvalue weighted by atomic mass is 10.0. The van der Waals surface area contributed by atoms with Gasteiger partial charge in [0.05, 0.1) is 5.75 Å². The van der Waals surface area contributed by atoms with Crippen LogP contribution in [0.25, 0.3) is 22.1 Å². The van der Waals surface area contributed by atoms with Crippen LogP contribution in [0.1, 0.15) is 30.3 Å². The van der Waals surface area contributed by atoms with E-state index in [0.717, 1.165) is 21.4 Å². The van der Waals surface area contributed by atoms with Gasteiger partial charge in [-0.05, 0) is 30.5 Å². The third-order valence-electron chi connectivity index (χ3n) is 3.99. The van der Waals surface area contributed by atoms with Gasteiger partial charge >= 0.3 is 0 Å². The molecule has 0 saturated heterocycles. The van der Waals surface area contributed by atoms with Gasteiger partial charge in [0.25, 0.3) is 0 Å². The summed E-state index contributed by atoms with van der Waals surface area (Å²) in [6, 6.07) is 6.27. The molecule has 0 aliphatic rings. The van der Waals surface area contributed by atoms with E-state index in [1.807, 2.05) is 13.0 Å². The number of thioether (sulfide) groups is 1. The van der Waals surface area contributed by atoms with E-state index in [0.29, 0.717) is 21.9 Å². The maximum absolute atomic E-state index is 12.0. The molecule has 2 N–H and O–H groups in total. The summed E-state index contributed by atoms with van der Waals surface area (Å²) in [4.78, 5) is 19.8. The Hall–Kier alpha value is -2.59. The normalized spacial score (nSPS) is 11.6. The summed E-state index contributed by atoms with van der Waals surface area (Å²) in [5.41, 5.74) is 3.63. The zero-order valence-electron chi connectivity index (χ0n) is 15.0. The highest BCUT2D eigenvalue weighted by Gasteiger charge is 2.13. The molecule has 0 radical (unpaired) electrons. The number of hydrogen-bond acceptors (Lipinski definition) is 8. The van der Waals surface area contributed by atoms with Crippen LogP contribution in [-0.2, 0) is 4.79 Å². The highest BCUT2D eigenvalue weighted by atomic mass is 32.2. The number of H-pyrrole nitrogens is 1. The molecule has 0 spiro atoms. The van der Waals surface area contributed by atoms with Crippen molar-refractivity contribution in [3.63, 3.8) is 0 Å². The van der Waals surface area contributed by atoms with Crippen molar-refractivity contribution in [3.05, 3.63) is 28.8 Å². The summed E-state index contributed by atoms with van der Waals surface area (Å²) < 4.78 is 0. The van der Waals surface area contributed by atoms with E-state index in [4.69, 9.17) is 0 Å². The van der Waals surface area contributed by atoms with Crippen LogP contribution in [0, 0.1) is 6.92 Å². The number of benzene rings is 1. The fourth-order valence-electron chi connectivity index (χ4n) is 2.63. The molecule has 0 unspecified atom stereocenters. The van der Waals surface area contributed by atoms with E-state index in [9.17, 15) is 4.79 Å². The van der Waals surface area contributed by atoms with Crippen LogP contribution >= 0.6 is 23.1 Å². The first-order chi connectivity index (χ1) is 13.0. The number of nitrogens with one attached hydrogen (secondary N) is 2. The topological polar surface area (TPSA) is 109 Å². The second-order valence-corrected chi connectivity index (χ2v) is 8.46. The Bertz CT molecular complexity index is 1130. The van der Waals surface area contributed by atoms with Crippen LogP contribution < -0.4 is 5.32 Å². The maximum Gasteiger partial charge on any atom is 0.236 e. The molecular weight excluding hydrogens is 382 g/mol. The van der Waals surface area contributed by atoms with Crippen molar-refractivity contribution in [1.82, 2.24) is 30.4 Å². The van der Waals surface area contributed by atoms with Gasteiger partial charge in [0.2, 0.25) is 16.2 Å². The van der Waals surface area contributed by atoms with Crippen molar-refractivity contribution < 1.29 is 4.79 Å². The molecule has 1 aromatic carbocycles. The van der Waals surface area contributed by atoms with E-state index >= 15 is 0 Å². The van der Waals surface area contributed by atoms with Crippen molar-refractivity contribution >= 4 is 56.2 Å². The molecule has 4 aromatic rings. The zero-order chi connectivity index (χ0) is 19.0. The molecule has 27 heavy (non-hydrogen) atoms. The lowest BCUT2D eigenvalue weighted by molar-refractivity contribution is -0.113. The molecule has 3 aromatic heterocycles. The largest absolute Gasteiger partial charge is 0.338 e. The Labute approximate surface area is 163 Å². The lowest BCUT2D eigenvalue weighted by Crippen LogP contribution is -2.14. The third kappa shape index (κ3) is 3.76. The summed E-state index contributed by atoms with van der Waals surface area (Å²) in [5.74, 6) is 0.423. The monoisotopic (exact) mass is 399 g/mol. The number of nitrogens with zero attached hydrogens (tertiary/aromatic N) is 5. The van der Waals surface area contributed by atoms with E-state index in [-0.39, 0.29) is 11.7 Å². The summed E-state index contributed by atoms with van der Waals surface area (Å²) in [6.07, 6.45) is 0. The molecule has 0 fully saturated rings. The minimum atomic E-state index is -0.182. The maximum atomic E-state index is 12.0. The molecule has 0 atom stereocenters. The van der Waals surface area contributed by atoms with Crippen LogP contribution in [0.2, 0.25) is 0 Å². The van der Waals surface area contributed by atoms with E-state index in [1.165, 1.54) is 28.7 Å². The third-order valence-corrected chi connectivity index (χ3v) is 5.58. The summed E-state index contributed by atoms with van der Waals surface area (Å²) in [7, 11) is 0. The minimum Gasteiger partial charge on any atom is -0.338 e. The number of amides is 1. The second kappa shape index (κ2) is 7.20. The predicted molar refractivity (Wildman–Crippen MR) is 107 cm³/mol. The Kier molecular flexibility index (Phi) is 4.75. The zero-order valence-corrected chi connectivity index (χ0v) is 16.6. The molecule has 0 saturated carbocycles. The average molecular weight is 400 g/mol. The number of aryl methyl sites for hydroxylation is 1. The standard InChI is InChI=1S/C17H17N7OS2/c1-8(2)10-4-5-12-11(6-10)14-15(18-12)20-16(23-22-14)26-7-13(25)19-17-24-21-9(3)27-17/h4-6,8H,7H2,1-3H3,(H,18,20,23)(H,19,24,25). The van der Waals surface area contributed by atoms with Gasteiger partial charge in [-0.2, -0.15) is 0 Å². The number of aromatic amines is 1. The summed E-state index contributed by atoms with van der Waals surface area (Å²) in [5, 5.41) is 21.7. The highest BCUT2D eigenvalue weighted by molar-refractivity contribution is 7.99. The first-order valence-corrected chi connectivity index (χ1v) is 10.2. The van der Waals surface area contributed by atoms with Crippen LogP contribution in [0.15, 0.2) is 23.4 Å². The second-order valence-electron chi connectivity index (χ2n) is 6.34. The lowest BCUT2D eigenvalue weighted by Gasteiger charge is -2.04. The van der Waals surface area contributed by atoms with Gasteiger partial charge in [-0.15, -0.1) is 20.4 Å². The van der Waals surface area contributed by atoms with Crippen molar-refractivity contribution in [2.24, 2.45) is 0 Å². The van der Waals surface area contributed by atoms with E-state index in [2.05, 4.69) is 61.7 Å². The molecule has 0 bridgehead atoms. The molecule has 10 heteroatoms. The van der Waals surface area contributed by atoms with Crippen LogP contribution in [0.3, 0.4) is 0 Å². The van der Waals surface area contributed by atoms with Crippen molar-refractivity contribution in [3.8, 4) is 0 Å². The molecule has 3 heterocycles. The Balaban J connectivity index is 1.51. The fraction of sp³-hybridized carbons (Fsp3) is 0.294. The van der Waals surface area contributed by atoms with Crippen LogP contribution in [0.5, 0.6) is 0 Å². The summed E-state index contributed by atoms with van der Waals surface area (Å²) >= 11 is 2.56. The summed E-state index contributed by atoms with van der Waals surface area (Å²) in [6.45, 7) is 6.15. The van der Waals surface area contributed by atoms with E-state index in [1.54, 1.807) is 0 Å². The number of aromatic nitrogens is 6. The number of fused-ring (bicyclic) bond motifs is 3. The van der Waals surface area contributed by atoms with Gasteiger partial charge in [0.15, 0.2) is 5.65 Å². The van der Waals surface area contributed by atoms with Crippen LogP contribution in [0.4, 0.5) is 5.13 Å². The Morgan fingerprint density at radius 1 is 1.26 bits per heavy atom. The molecule has 4 rings (SSSR count). The van der Waals surface area contributed by atoms with Gasteiger partial charge in [-0.3, -0.25) is 10.1 Å². The molecule has 8 nitrogen and oxygen atoms in total. The van der Waals surface area contributed by atoms with Gasteiger partial charge in [-0.25, -0.2) is 4.98 Å². The Morgan fingerprint density at radius 3 is 2.85 bits per heavy atom. The number of carbonyl (C=O) groups excluding carboxylic acids is 1. The predicted octanol–water partition coefficient (Wildman–Crippen LogP) is 3.52. The number of hydrogen-bond donors (Lipinski definition) is 2. The molecule has 0 aliphatic heterocycles. The molecule has 0 aliphatic carbocycles. The van der Waals surface area contributed by atoms with Crippen molar-refractivity contribution in [1.29, 1.82) is 0 Å². The van der Waals surface area contributed by atoms with Gasteiger partial charge in [0, 0.05) is 10.9 Å². The number of anilines is 1. The van der Waals surface area contributed by atoms with Crippen molar-refractivity contribution in [2.75, 3.05) is 11.1 Å². The SMILES string of the molecule is Cc1nnc(NC(=O)CSc2nnc3c(n2)[nH]c2ccc(C(C)C)cc23)s1. The van der Waals surface area contributed by atoms with Gasteiger partial charge in [0.1, 0.15) is 10.5 Å². The first-order valence-electron chi connectivity index (χ1n) is 8.38. The number of carbonyl (C=O) groups is 1. The van der Waals surface area contributed by atoms with E-state index < -0.39 is 0 Å². The molecule has 1 amide bonds. The van der Waals surface area contributed by atoms with Gasteiger partial charge in [-0.1, -0.05) is 43.0 Å². The smallest absolute Gasteiger partial charge is 0.236 e. The quantitative estimate of drug-likeness (QED) is 0.494. The number of rotatable bonds is 5. The Morgan fingerprint density at radius 2 is 2.11 bits per heavy atom.